The summed E-state index contributed by atoms with van der Waals surface area (Å²) >= 11 is 0. The fourth-order valence-corrected chi connectivity index (χ4v) is 5.86. The zero-order chi connectivity index (χ0) is 20.5. The van der Waals surface area contributed by atoms with Crippen LogP contribution in [0.2, 0.25) is 0 Å². The van der Waals surface area contributed by atoms with Crippen LogP contribution < -0.4 is 4.74 Å². The van der Waals surface area contributed by atoms with E-state index in [-0.39, 0.29) is 5.92 Å². The summed E-state index contributed by atoms with van der Waals surface area (Å²) in [5.41, 5.74) is 1.24. The van der Waals surface area contributed by atoms with Gasteiger partial charge in [-0.3, -0.25) is 9.69 Å². The van der Waals surface area contributed by atoms with Crippen LogP contribution in [0.5, 0.6) is 5.75 Å². The zero-order valence-corrected chi connectivity index (χ0v) is 17.8. The Labute approximate surface area is 179 Å². The van der Waals surface area contributed by atoms with Crippen molar-refractivity contribution in [1.82, 2.24) is 4.90 Å². The molecule has 0 amide bonds. The molecule has 160 valence electrons. The van der Waals surface area contributed by atoms with Gasteiger partial charge >= 0.3 is 5.97 Å². The number of benzene rings is 2. The monoisotopic (exact) mass is 407 g/mol. The fraction of sp³-hybridized carbons (Fsp3) is 0.577. The molecule has 4 heteroatoms. The molecule has 0 bridgehead atoms. The summed E-state index contributed by atoms with van der Waals surface area (Å²) in [7, 11) is 0. The third-order valence-electron chi connectivity index (χ3n) is 7.68. The lowest BCUT2D eigenvalue weighted by molar-refractivity contribution is -0.147. The Morgan fingerprint density at radius 2 is 1.57 bits per heavy atom. The third-order valence-corrected chi connectivity index (χ3v) is 7.68. The van der Waals surface area contributed by atoms with Gasteiger partial charge in [-0.1, -0.05) is 43.9 Å². The van der Waals surface area contributed by atoms with E-state index in [1.807, 2.05) is 0 Å². The second kappa shape index (κ2) is 8.58. The van der Waals surface area contributed by atoms with Crippen molar-refractivity contribution in [2.45, 2.75) is 64.0 Å². The maximum absolute atomic E-state index is 11.0. The number of fused-ring (bicyclic) bond motifs is 1. The SMILES string of the molecule is O=C(O)C1CN(Cc2ccc3cc(O[C@H]4CC[C@H](C5CCCC5)CC4)ccc3c2)C1. The number of aliphatic carboxylic acids is 1. The highest BCUT2D eigenvalue weighted by atomic mass is 16.5. The summed E-state index contributed by atoms with van der Waals surface area (Å²) in [6.45, 7) is 2.13. The van der Waals surface area contributed by atoms with Crippen LogP contribution in [0.15, 0.2) is 36.4 Å². The average Bonchev–Trinajstić information content (AvgIpc) is 3.25. The van der Waals surface area contributed by atoms with Crippen molar-refractivity contribution in [1.29, 1.82) is 0 Å². The molecule has 0 aromatic heterocycles. The van der Waals surface area contributed by atoms with Gasteiger partial charge in [0.1, 0.15) is 5.75 Å². The first-order valence-electron chi connectivity index (χ1n) is 11.8. The lowest BCUT2D eigenvalue weighted by Crippen LogP contribution is -2.49. The summed E-state index contributed by atoms with van der Waals surface area (Å²) in [5.74, 6) is 2.06. The van der Waals surface area contributed by atoms with Gasteiger partial charge in [-0.2, -0.15) is 0 Å². The Hall–Kier alpha value is -2.07. The Kier molecular flexibility index (Phi) is 5.68. The van der Waals surface area contributed by atoms with E-state index in [1.54, 1.807) is 0 Å². The van der Waals surface area contributed by atoms with Crippen molar-refractivity contribution in [3.8, 4) is 5.75 Å². The van der Waals surface area contributed by atoms with Crippen LogP contribution in [0.3, 0.4) is 0 Å². The van der Waals surface area contributed by atoms with Crippen molar-refractivity contribution < 1.29 is 14.6 Å². The van der Waals surface area contributed by atoms with E-state index in [1.165, 1.54) is 67.7 Å². The Morgan fingerprint density at radius 1 is 0.900 bits per heavy atom. The molecule has 0 atom stereocenters. The van der Waals surface area contributed by atoms with E-state index in [4.69, 9.17) is 9.84 Å². The molecule has 2 aromatic carbocycles. The molecular formula is C26H33NO3. The summed E-state index contributed by atoms with van der Waals surface area (Å²) < 4.78 is 6.37. The van der Waals surface area contributed by atoms with Crippen molar-refractivity contribution >= 4 is 16.7 Å². The number of likely N-dealkylation sites (tertiary alicyclic amines) is 1. The van der Waals surface area contributed by atoms with E-state index >= 15 is 0 Å². The number of carboxylic acids is 1. The molecule has 0 spiro atoms. The van der Waals surface area contributed by atoms with Crippen molar-refractivity contribution in [2.24, 2.45) is 17.8 Å². The van der Waals surface area contributed by atoms with Gasteiger partial charge in [0.15, 0.2) is 0 Å². The number of carbonyl (C=O) groups is 1. The molecule has 3 aliphatic rings. The van der Waals surface area contributed by atoms with Crippen LogP contribution in [-0.2, 0) is 11.3 Å². The van der Waals surface area contributed by atoms with Crippen molar-refractivity contribution in [2.75, 3.05) is 13.1 Å². The number of nitrogens with zero attached hydrogens (tertiary/aromatic N) is 1. The lowest BCUT2D eigenvalue weighted by Gasteiger charge is -2.36. The predicted octanol–water partition coefficient (Wildman–Crippen LogP) is 5.48. The zero-order valence-electron chi connectivity index (χ0n) is 17.8. The first-order chi connectivity index (χ1) is 14.6. The minimum absolute atomic E-state index is 0.196. The summed E-state index contributed by atoms with van der Waals surface area (Å²) in [5, 5.41) is 11.5. The molecule has 1 saturated heterocycles. The van der Waals surface area contributed by atoms with E-state index in [2.05, 4.69) is 41.3 Å². The number of ether oxygens (including phenoxy) is 1. The van der Waals surface area contributed by atoms with E-state index < -0.39 is 5.97 Å². The molecule has 1 N–H and O–H groups in total. The first kappa shape index (κ1) is 19.9. The van der Waals surface area contributed by atoms with Gasteiger partial charge in [-0.05, 0) is 72.1 Å². The number of hydrogen-bond acceptors (Lipinski definition) is 3. The molecule has 1 aliphatic heterocycles. The topological polar surface area (TPSA) is 49.8 Å². The molecule has 0 unspecified atom stereocenters. The van der Waals surface area contributed by atoms with Gasteiger partial charge in [0.05, 0.1) is 12.0 Å². The average molecular weight is 408 g/mol. The minimum Gasteiger partial charge on any atom is -0.490 e. The van der Waals surface area contributed by atoms with Gasteiger partial charge in [0, 0.05) is 19.6 Å². The minimum atomic E-state index is -0.677. The van der Waals surface area contributed by atoms with Crippen LogP contribution in [0, 0.1) is 17.8 Å². The molecule has 0 radical (unpaired) electrons. The molecule has 4 nitrogen and oxygen atoms in total. The largest absolute Gasteiger partial charge is 0.490 e. The lowest BCUT2D eigenvalue weighted by atomic mass is 9.78. The van der Waals surface area contributed by atoms with Crippen LogP contribution in [0.25, 0.3) is 10.8 Å². The van der Waals surface area contributed by atoms with Gasteiger partial charge < -0.3 is 9.84 Å². The van der Waals surface area contributed by atoms with Crippen LogP contribution in [0.1, 0.15) is 56.9 Å². The molecule has 2 aromatic rings. The summed E-state index contributed by atoms with van der Waals surface area (Å²) in [4.78, 5) is 13.2. The third kappa shape index (κ3) is 4.34. The standard InChI is InChI=1S/C26H33NO3/c28-26(29)23-16-27(17-23)15-18-5-6-22-14-25(12-9-21(22)13-18)30-24-10-7-20(8-11-24)19-3-1-2-4-19/h5-6,9,12-14,19-20,23-24H,1-4,7-8,10-11,15-17H2,(H,28,29)/t20-,24-. The Morgan fingerprint density at radius 3 is 2.30 bits per heavy atom. The van der Waals surface area contributed by atoms with Crippen molar-refractivity contribution in [3.63, 3.8) is 0 Å². The molecule has 3 fully saturated rings. The van der Waals surface area contributed by atoms with Gasteiger partial charge in [0.25, 0.3) is 0 Å². The molecule has 5 rings (SSSR count). The number of hydrogen-bond donors (Lipinski definition) is 1. The highest BCUT2D eigenvalue weighted by Crippen LogP contribution is 2.40. The van der Waals surface area contributed by atoms with Gasteiger partial charge in [0.2, 0.25) is 0 Å². The Balaban J connectivity index is 1.16. The van der Waals surface area contributed by atoms with Crippen molar-refractivity contribution in [3.05, 3.63) is 42.0 Å². The summed E-state index contributed by atoms with van der Waals surface area (Å²) in [6.07, 6.45) is 11.3. The molecular weight excluding hydrogens is 374 g/mol. The molecule has 2 aliphatic carbocycles. The number of rotatable bonds is 6. The Bertz CT molecular complexity index is 890. The van der Waals surface area contributed by atoms with Crippen LogP contribution in [0.4, 0.5) is 0 Å². The molecule has 30 heavy (non-hydrogen) atoms. The molecule has 2 saturated carbocycles. The summed E-state index contributed by atoms with van der Waals surface area (Å²) in [6, 6.07) is 13.0. The fourth-order valence-electron chi connectivity index (χ4n) is 5.86. The van der Waals surface area contributed by atoms with Gasteiger partial charge in [-0.25, -0.2) is 0 Å². The second-order valence-electron chi connectivity index (χ2n) is 9.77. The maximum atomic E-state index is 11.0. The first-order valence-corrected chi connectivity index (χ1v) is 11.8. The van der Waals surface area contributed by atoms with E-state index in [0.29, 0.717) is 19.2 Å². The van der Waals surface area contributed by atoms with E-state index in [9.17, 15) is 4.79 Å². The normalized spacial score (nSPS) is 26.0. The maximum Gasteiger partial charge on any atom is 0.309 e. The van der Waals surface area contributed by atoms with Crippen LogP contribution in [-0.4, -0.2) is 35.2 Å². The molecule has 1 heterocycles. The highest BCUT2D eigenvalue weighted by Gasteiger charge is 2.32. The van der Waals surface area contributed by atoms with Crippen LogP contribution >= 0.6 is 0 Å². The van der Waals surface area contributed by atoms with Gasteiger partial charge in [-0.15, -0.1) is 0 Å². The highest BCUT2D eigenvalue weighted by molar-refractivity contribution is 5.84. The smallest absolute Gasteiger partial charge is 0.309 e. The second-order valence-corrected chi connectivity index (χ2v) is 9.77. The predicted molar refractivity (Wildman–Crippen MR) is 119 cm³/mol. The van der Waals surface area contributed by atoms with E-state index in [0.717, 1.165) is 24.1 Å². The number of carboxylic acid groups (broad SMARTS) is 1. The quantitative estimate of drug-likeness (QED) is 0.688.